The van der Waals surface area contributed by atoms with Gasteiger partial charge in [0.25, 0.3) is 0 Å². The van der Waals surface area contributed by atoms with E-state index in [1.54, 1.807) is 12.1 Å². The average Bonchev–Trinajstić information content (AvgIpc) is 2.73. The third kappa shape index (κ3) is 1.83. The maximum absolute atomic E-state index is 13.1. The number of benzene rings is 1. The number of rotatable bonds is 1. The quantitative estimate of drug-likeness (QED) is 0.827. The van der Waals surface area contributed by atoms with Crippen LogP contribution < -0.4 is 0 Å². The Morgan fingerprint density at radius 1 is 1.29 bits per heavy atom. The van der Waals surface area contributed by atoms with Crippen molar-refractivity contribution in [3.8, 4) is 0 Å². The average molecular weight is 236 g/mol. The van der Waals surface area contributed by atoms with Gasteiger partial charge < -0.3 is 14.3 Å². The van der Waals surface area contributed by atoms with E-state index in [9.17, 15) is 9.50 Å². The Balaban J connectivity index is 2.05. The molecule has 3 nitrogen and oxygen atoms in total. The van der Waals surface area contributed by atoms with Crippen molar-refractivity contribution in [1.82, 2.24) is 0 Å². The van der Waals surface area contributed by atoms with Crippen LogP contribution in [0.15, 0.2) is 28.7 Å². The Hall–Kier alpha value is -1.39. The molecule has 1 aromatic carbocycles. The molecule has 90 valence electrons. The molecule has 1 aliphatic rings. The van der Waals surface area contributed by atoms with E-state index in [4.69, 9.17) is 9.15 Å². The lowest BCUT2D eigenvalue weighted by Gasteiger charge is -2.29. The Morgan fingerprint density at radius 3 is 2.94 bits per heavy atom. The Bertz CT molecular complexity index is 541. The predicted molar refractivity (Wildman–Crippen MR) is 60.1 cm³/mol. The molecule has 0 spiro atoms. The van der Waals surface area contributed by atoms with Crippen LogP contribution in [-0.2, 0) is 10.3 Å². The third-order valence-electron chi connectivity index (χ3n) is 3.16. The molecule has 1 atom stereocenters. The molecule has 1 aliphatic heterocycles. The van der Waals surface area contributed by atoms with Crippen molar-refractivity contribution in [2.75, 3.05) is 13.2 Å². The summed E-state index contributed by atoms with van der Waals surface area (Å²) in [6.07, 6.45) is 1.40. The van der Waals surface area contributed by atoms with Crippen LogP contribution in [-0.4, -0.2) is 18.3 Å². The number of hydrogen-bond acceptors (Lipinski definition) is 3. The Kier molecular flexibility index (Phi) is 2.42. The molecule has 1 aromatic heterocycles. The second-order valence-electron chi connectivity index (χ2n) is 4.48. The summed E-state index contributed by atoms with van der Waals surface area (Å²) in [5.74, 6) is 0.148. The van der Waals surface area contributed by atoms with Gasteiger partial charge in [-0.15, -0.1) is 0 Å². The number of fused-ring (bicyclic) bond motifs is 1. The van der Waals surface area contributed by atoms with E-state index in [0.717, 1.165) is 6.42 Å². The number of hydrogen-bond donors (Lipinski definition) is 1. The second kappa shape index (κ2) is 3.82. The van der Waals surface area contributed by atoms with Gasteiger partial charge in [-0.1, -0.05) is 0 Å². The SMILES string of the molecule is OC1(c2cc3cc(F)ccc3o2)CCCOC1. The molecular weight excluding hydrogens is 223 g/mol. The van der Waals surface area contributed by atoms with E-state index in [1.165, 1.54) is 12.1 Å². The van der Waals surface area contributed by atoms with Gasteiger partial charge in [0.2, 0.25) is 0 Å². The van der Waals surface area contributed by atoms with Crippen molar-refractivity contribution in [3.63, 3.8) is 0 Å². The highest BCUT2D eigenvalue weighted by molar-refractivity contribution is 5.78. The molecular formula is C13H13FO3. The van der Waals surface area contributed by atoms with E-state index in [0.29, 0.717) is 29.8 Å². The number of ether oxygens (including phenoxy) is 1. The summed E-state index contributed by atoms with van der Waals surface area (Å²) in [6, 6.07) is 6.00. The minimum absolute atomic E-state index is 0.231. The van der Waals surface area contributed by atoms with Gasteiger partial charge in [0.05, 0.1) is 6.61 Å². The largest absolute Gasteiger partial charge is 0.458 e. The monoisotopic (exact) mass is 236 g/mol. The summed E-state index contributed by atoms with van der Waals surface area (Å²) in [5, 5.41) is 11.1. The molecule has 2 aromatic rings. The van der Waals surface area contributed by atoms with Crippen molar-refractivity contribution >= 4 is 11.0 Å². The zero-order valence-electron chi connectivity index (χ0n) is 9.28. The van der Waals surface area contributed by atoms with Crippen LogP contribution in [0.5, 0.6) is 0 Å². The zero-order chi connectivity index (χ0) is 11.9. The highest BCUT2D eigenvalue weighted by Gasteiger charge is 2.35. The number of aliphatic hydroxyl groups is 1. The van der Waals surface area contributed by atoms with Gasteiger partial charge in [0.1, 0.15) is 22.8 Å². The molecule has 2 heterocycles. The number of furan rings is 1. The van der Waals surface area contributed by atoms with E-state index >= 15 is 0 Å². The van der Waals surface area contributed by atoms with Crippen LogP contribution in [0.1, 0.15) is 18.6 Å². The van der Waals surface area contributed by atoms with Gasteiger partial charge in [-0.05, 0) is 37.1 Å². The molecule has 1 fully saturated rings. The van der Waals surface area contributed by atoms with Crippen LogP contribution in [0.3, 0.4) is 0 Å². The fourth-order valence-corrected chi connectivity index (χ4v) is 2.22. The minimum atomic E-state index is -1.08. The third-order valence-corrected chi connectivity index (χ3v) is 3.16. The topological polar surface area (TPSA) is 42.6 Å². The maximum atomic E-state index is 13.1. The van der Waals surface area contributed by atoms with Gasteiger partial charge in [-0.3, -0.25) is 0 Å². The van der Waals surface area contributed by atoms with E-state index < -0.39 is 5.60 Å². The van der Waals surface area contributed by atoms with Crippen molar-refractivity contribution in [2.24, 2.45) is 0 Å². The lowest BCUT2D eigenvalue weighted by Crippen LogP contribution is -2.35. The summed E-state index contributed by atoms with van der Waals surface area (Å²) >= 11 is 0. The summed E-state index contributed by atoms with van der Waals surface area (Å²) < 4.78 is 23.9. The van der Waals surface area contributed by atoms with Crippen LogP contribution >= 0.6 is 0 Å². The standard InChI is InChI=1S/C13H13FO3/c14-10-2-3-11-9(6-10)7-12(17-11)13(15)4-1-5-16-8-13/h2-3,6-7,15H,1,4-5,8H2. The van der Waals surface area contributed by atoms with E-state index in [2.05, 4.69) is 0 Å². The molecule has 0 amide bonds. The number of halogens is 1. The molecule has 4 heteroatoms. The first-order valence-electron chi connectivity index (χ1n) is 5.67. The smallest absolute Gasteiger partial charge is 0.145 e. The van der Waals surface area contributed by atoms with Crippen molar-refractivity contribution in [3.05, 3.63) is 35.8 Å². The molecule has 3 rings (SSSR count). The first kappa shape index (κ1) is 10.7. The van der Waals surface area contributed by atoms with Crippen molar-refractivity contribution in [2.45, 2.75) is 18.4 Å². The van der Waals surface area contributed by atoms with Gasteiger partial charge in [0.15, 0.2) is 0 Å². The van der Waals surface area contributed by atoms with E-state index in [1.807, 2.05) is 0 Å². The maximum Gasteiger partial charge on any atom is 0.145 e. The van der Waals surface area contributed by atoms with Crippen molar-refractivity contribution in [1.29, 1.82) is 0 Å². The molecule has 1 unspecified atom stereocenters. The highest BCUT2D eigenvalue weighted by atomic mass is 19.1. The lowest BCUT2D eigenvalue weighted by molar-refractivity contribution is -0.101. The minimum Gasteiger partial charge on any atom is -0.458 e. The molecule has 0 saturated carbocycles. The van der Waals surface area contributed by atoms with E-state index in [-0.39, 0.29) is 12.4 Å². The molecule has 1 N–H and O–H groups in total. The summed E-state index contributed by atoms with van der Waals surface area (Å²) in [6.45, 7) is 0.895. The molecule has 0 aliphatic carbocycles. The summed E-state index contributed by atoms with van der Waals surface area (Å²) in [4.78, 5) is 0. The fourth-order valence-electron chi connectivity index (χ4n) is 2.22. The molecule has 1 saturated heterocycles. The summed E-state index contributed by atoms with van der Waals surface area (Å²) in [5.41, 5.74) is -0.492. The van der Waals surface area contributed by atoms with Crippen LogP contribution in [0.25, 0.3) is 11.0 Å². The lowest BCUT2D eigenvalue weighted by atomic mass is 9.94. The van der Waals surface area contributed by atoms with Crippen LogP contribution in [0, 0.1) is 5.82 Å². The van der Waals surface area contributed by atoms with Gasteiger partial charge in [0, 0.05) is 12.0 Å². The van der Waals surface area contributed by atoms with Gasteiger partial charge in [-0.25, -0.2) is 4.39 Å². The van der Waals surface area contributed by atoms with Crippen LogP contribution in [0.4, 0.5) is 4.39 Å². The first-order valence-corrected chi connectivity index (χ1v) is 5.67. The Labute approximate surface area is 97.8 Å². The van der Waals surface area contributed by atoms with Gasteiger partial charge in [-0.2, -0.15) is 0 Å². The summed E-state index contributed by atoms with van der Waals surface area (Å²) in [7, 11) is 0. The molecule has 17 heavy (non-hydrogen) atoms. The highest BCUT2D eigenvalue weighted by Crippen LogP contribution is 2.34. The second-order valence-corrected chi connectivity index (χ2v) is 4.48. The molecule has 0 bridgehead atoms. The van der Waals surface area contributed by atoms with Crippen molar-refractivity contribution < 1.29 is 18.7 Å². The zero-order valence-corrected chi connectivity index (χ0v) is 9.28. The first-order chi connectivity index (χ1) is 8.17. The Morgan fingerprint density at radius 2 is 2.18 bits per heavy atom. The normalized spacial score (nSPS) is 25.3. The fraction of sp³-hybridized carbons (Fsp3) is 0.385. The molecule has 0 radical (unpaired) electrons. The predicted octanol–water partition coefficient (Wildman–Crippen LogP) is 2.57. The van der Waals surface area contributed by atoms with Gasteiger partial charge >= 0.3 is 0 Å². The van der Waals surface area contributed by atoms with Crippen LogP contribution in [0.2, 0.25) is 0 Å².